The van der Waals surface area contributed by atoms with E-state index in [1.807, 2.05) is 0 Å². The van der Waals surface area contributed by atoms with Gasteiger partial charge >= 0.3 is 0 Å². The van der Waals surface area contributed by atoms with Crippen LogP contribution >= 0.6 is 0 Å². The van der Waals surface area contributed by atoms with E-state index >= 15 is 0 Å². The summed E-state index contributed by atoms with van der Waals surface area (Å²) in [5.74, 6) is 0.980. The van der Waals surface area contributed by atoms with Gasteiger partial charge in [-0.3, -0.25) is 0 Å². The average Bonchev–Trinajstić information content (AvgIpc) is 2.71. The van der Waals surface area contributed by atoms with Gasteiger partial charge in [0.25, 0.3) is 0 Å². The van der Waals surface area contributed by atoms with Gasteiger partial charge in [0.1, 0.15) is 11.3 Å². The molecule has 0 fully saturated rings. The Labute approximate surface area is 99.8 Å². The van der Waals surface area contributed by atoms with Crippen molar-refractivity contribution in [2.45, 2.75) is 32.1 Å². The molecular formula is C14H15NO2. The predicted octanol–water partition coefficient (Wildman–Crippen LogP) is 3.58. The molecular weight excluding hydrogens is 214 g/mol. The largest absolute Gasteiger partial charge is 0.508 e. The Morgan fingerprint density at radius 2 is 2.24 bits per heavy atom. The first kappa shape index (κ1) is 10.4. The molecule has 3 rings (SSSR count). The first-order valence-electron chi connectivity index (χ1n) is 6.07. The molecule has 0 spiro atoms. The second-order valence-electron chi connectivity index (χ2n) is 4.54. The maximum absolute atomic E-state index is 9.37. The highest BCUT2D eigenvalue weighted by atomic mass is 16.3. The van der Waals surface area contributed by atoms with E-state index in [0.717, 1.165) is 29.8 Å². The summed E-state index contributed by atoms with van der Waals surface area (Å²) in [5.41, 5.74) is 2.90. The van der Waals surface area contributed by atoms with Gasteiger partial charge in [0.2, 0.25) is 0 Å². The standard InChI is InChI=1S/C14H15NO2/c16-11-6-7-13-12(9-11)15-14(17-13)8-10-4-2-1-3-5-10/h4,6-7,9,16H,1-3,5,8H2. The molecule has 0 aliphatic heterocycles. The predicted molar refractivity (Wildman–Crippen MR) is 65.9 cm³/mol. The van der Waals surface area contributed by atoms with E-state index in [-0.39, 0.29) is 5.75 Å². The van der Waals surface area contributed by atoms with Crippen molar-refractivity contribution in [3.8, 4) is 5.75 Å². The van der Waals surface area contributed by atoms with Crippen LogP contribution in [0, 0.1) is 0 Å². The molecule has 0 saturated carbocycles. The highest BCUT2D eigenvalue weighted by molar-refractivity contribution is 5.74. The zero-order chi connectivity index (χ0) is 11.7. The summed E-state index contributed by atoms with van der Waals surface area (Å²) in [4.78, 5) is 4.40. The molecule has 1 heterocycles. The van der Waals surface area contributed by atoms with Crippen LogP contribution in [0.1, 0.15) is 31.6 Å². The van der Waals surface area contributed by atoms with Crippen LogP contribution in [0.4, 0.5) is 0 Å². The third-order valence-electron chi connectivity index (χ3n) is 3.18. The molecule has 1 N–H and O–H groups in total. The van der Waals surface area contributed by atoms with Gasteiger partial charge in [-0.2, -0.15) is 0 Å². The smallest absolute Gasteiger partial charge is 0.199 e. The van der Waals surface area contributed by atoms with Crippen LogP contribution in [0.15, 0.2) is 34.3 Å². The number of rotatable bonds is 2. The minimum absolute atomic E-state index is 0.231. The Morgan fingerprint density at radius 3 is 3.06 bits per heavy atom. The third kappa shape index (κ3) is 2.18. The second-order valence-corrected chi connectivity index (χ2v) is 4.54. The summed E-state index contributed by atoms with van der Waals surface area (Å²) in [6.45, 7) is 0. The van der Waals surface area contributed by atoms with Crippen molar-refractivity contribution in [2.75, 3.05) is 0 Å². The number of phenolic OH excluding ortho intramolecular Hbond substituents is 1. The van der Waals surface area contributed by atoms with E-state index < -0.39 is 0 Å². The van der Waals surface area contributed by atoms with E-state index in [1.54, 1.807) is 18.2 Å². The number of aromatic hydroxyl groups is 1. The molecule has 1 aliphatic carbocycles. The van der Waals surface area contributed by atoms with Crippen molar-refractivity contribution in [1.29, 1.82) is 0 Å². The van der Waals surface area contributed by atoms with Gasteiger partial charge in [0.15, 0.2) is 11.5 Å². The fourth-order valence-electron chi connectivity index (χ4n) is 2.30. The lowest BCUT2D eigenvalue weighted by molar-refractivity contribution is 0.475. The van der Waals surface area contributed by atoms with Crippen molar-refractivity contribution in [3.63, 3.8) is 0 Å². The first-order valence-corrected chi connectivity index (χ1v) is 6.07. The number of aromatic nitrogens is 1. The van der Waals surface area contributed by atoms with E-state index in [9.17, 15) is 5.11 Å². The lowest BCUT2D eigenvalue weighted by Crippen LogP contribution is -1.96. The van der Waals surface area contributed by atoms with E-state index in [1.165, 1.54) is 24.8 Å². The molecule has 0 bridgehead atoms. The Bertz CT molecular complexity index is 569. The van der Waals surface area contributed by atoms with Crippen LogP contribution in [-0.2, 0) is 6.42 Å². The molecule has 3 heteroatoms. The molecule has 2 aromatic rings. The van der Waals surface area contributed by atoms with E-state index in [0.29, 0.717) is 0 Å². The van der Waals surface area contributed by atoms with Crippen molar-refractivity contribution in [2.24, 2.45) is 0 Å². The zero-order valence-corrected chi connectivity index (χ0v) is 9.65. The number of hydrogen-bond donors (Lipinski definition) is 1. The van der Waals surface area contributed by atoms with Gasteiger partial charge in [-0.1, -0.05) is 11.6 Å². The lowest BCUT2D eigenvalue weighted by atomic mass is 9.97. The van der Waals surface area contributed by atoms with Crippen molar-refractivity contribution in [3.05, 3.63) is 35.7 Å². The maximum atomic E-state index is 9.37. The summed E-state index contributed by atoms with van der Waals surface area (Å²) in [7, 11) is 0. The van der Waals surface area contributed by atoms with Gasteiger partial charge in [-0.05, 0) is 37.8 Å². The molecule has 3 nitrogen and oxygen atoms in total. The Hall–Kier alpha value is -1.77. The van der Waals surface area contributed by atoms with Crippen molar-refractivity contribution >= 4 is 11.1 Å². The monoisotopic (exact) mass is 229 g/mol. The topological polar surface area (TPSA) is 46.3 Å². The minimum Gasteiger partial charge on any atom is -0.508 e. The molecule has 0 radical (unpaired) electrons. The number of benzene rings is 1. The quantitative estimate of drug-likeness (QED) is 0.800. The van der Waals surface area contributed by atoms with Gasteiger partial charge in [0.05, 0.1) is 0 Å². The second kappa shape index (κ2) is 4.24. The maximum Gasteiger partial charge on any atom is 0.199 e. The third-order valence-corrected chi connectivity index (χ3v) is 3.18. The van der Waals surface area contributed by atoms with E-state index in [4.69, 9.17) is 4.42 Å². The Balaban J connectivity index is 1.88. The normalized spacial score (nSPS) is 16.1. The highest BCUT2D eigenvalue weighted by Crippen LogP contribution is 2.24. The summed E-state index contributed by atoms with van der Waals surface area (Å²) >= 11 is 0. The minimum atomic E-state index is 0.231. The van der Waals surface area contributed by atoms with Crippen LogP contribution in [0.5, 0.6) is 5.75 Å². The van der Waals surface area contributed by atoms with Crippen molar-refractivity contribution < 1.29 is 9.52 Å². The number of nitrogens with zero attached hydrogens (tertiary/aromatic N) is 1. The molecule has 0 unspecified atom stereocenters. The van der Waals surface area contributed by atoms with Gasteiger partial charge < -0.3 is 9.52 Å². The van der Waals surface area contributed by atoms with Crippen LogP contribution < -0.4 is 0 Å². The summed E-state index contributed by atoms with van der Waals surface area (Å²) in [5, 5.41) is 9.37. The molecule has 0 amide bonds. The van der Waals surface area contributed by atoms with Crippen LogP contribution in [0.3, 0.4) is 0 Å². The van der Waals surface area contributed by atoms with Crippen LogP contribution in [-0.4, -0.2) is 10.1 Å². The average molecular weight is 229 g/mol. The van der Waals surface area contributed by atoms with Gasteiger partial charge in [-0.25, -0.2) is 4.98 Å². The number of fused-ring (bicyclic) bond motifs is 1. The molecule has 1 aromatic carbocycles. The summed E-state index contributed by atoms with van der Waals surface area (Å²) in [6, 6.07) is 5.02. The Morgan fingerprint density at radius 1 is 1.29 bits per heavy atom. The summed E-state index contributed by atoms with van der Waals surface area (Å²) < 4.78 is 5.66. The van der Waals surface area contributed by atoms with E-state index in [2.05, 4.69) is 11.1 Å². The number of phenols is 1. The lowest BCUT2D eigenvalue weighted by Gasteiger charge is -2.10. The van der Waals surface area contributed by atoms with Crippen LogP contribution in [0.2, 0.25) is 0 Å². The van der Waals surface area contributed by atoms with Crippen LogP contribution in [0.25, 0.3) is 11.1 Å². The fraction of sp³-hybridized carbons (Fsp3) is 0.357. The number of allylic oxidation sites excluding steroid dienone is 2. The molecule has 17 heavy (non-hydrogen) atoms. The number of oxazole rings is 1. The molecule has 0 saturated heterocycles. The Kier molecular flexibility index (Phi) is 2.59. The fourth-order valence-corrected chi connectivity index (χ4v) is 2.30. The zero-order valence-electron chi connectivity index (χ0n) is 9.65. The molecule has 0 atom stereocenters. The molecule has 88 valence electrons. The molecule has 1 aliphatic rings. The molecule has 1 aromatic heterocycles. The highest BCUT2D eigenvalue weighted by Gasteiger charge is 2.10. The number of hydrogen-bond acceptors (Lipinski definition) is 3. The summed E-state index contributed by atoms with van der Waals surface area (Å²) in [6.07, 6.45) is 8.00. The first-order chi connectivity index (χ1) is 8.31. The van der Waals surface area contributed by atoms with Crippen molar-refractivity contribution in [1.82, 2.24) is 4.98 Å². The van der Waals surface area contributed by atoms with Gasteiger partial charge in [0, 0.05) is 12.5 Å². The van der Waals surface area contributed by atoms with Gasteiger partial charge in [-0.15, -0.1) is 0 Å². The SMILES string of the molecule is Oc1ccc2oc(CC3=CCCCC3)nc2c1.